The number of rotatable bonds is 6. The molecule has 0 spiro atoms. The predicted molar refractivity (Wildman–Crippen MR) is 116 cm³/mol. The lowest BCUT2D eigenvalue weighted by Gasteiger charge is -2.00. The zero-order valence-corrected chi connectivity index (χ0v) is 16.1. The van der Waals surface area contributed by atoms with Crippen molar-refractivity contribution in [2.24, 2.45) is 5.10 Å². The third kappa shape index (κ3) is 3.61. The number of thiazole rings is 1. The van der Waals surface area contributed by atoms with Gasteiger partial charge in [0, 0.05) is 33.6 Å². The largest absolute Gasteiger partial charge is 0.497 e. The highest BCUT2D eigenvalue weighted by Gasteiger charge is 2.06. The Kier molecular flexibility index (Phi) is 5.09. The summed E-state index contributed by atoms with van der Waals surface area (Å²) in [6.45, 7) is 0.527. The number of methoxy groups -OCH3 is 1. The van der Waals surface area contributed by atoms with Gasteiger partial charge in [-0.2, -0.15) is 5.10 Å². The molecule has 2 aromatic heterocycles. The van der Waals surface area contributed by atoms with Crippen molar-refractivity contribution in [3.63, 3.8) is 0 Å². The van der Waals surface area contributed by atoms with Gasteiger partial charge in [0.1, 0.15) is 5.75 Å². The molecule has 0 atom stereocenters. The van der Waals surface area contributed by atoms with Gasteiger partial charge in [-0.3, -0.25) is 5.43 Å². The Morgan fingerprint density at radius 3 is 2.86 bits per heavy atom. The lowest BCUT2D eigenvalue weighted by molar-refractivity contribution is 0.415. The van der Waals surface area contributed by atoms with Gasteiger partial charge in [0.25, 0.3) is 0 Å². The van der Waals surface area contributed by atoms with Gasteiger partial charge in [-0.15, -0.1) is 17.8 Å². The highest BCUT2D eigenvalue weighted by molar-refractivity contribution is 7.14. The predicted octanol–water partition coefficient (Wildman–Crippen LogP) is 4.85. The van der Waals surface area contributed by atoms with Crippen LogP contribution in [-0.2, 0) is 6.54 Å². The van der Waals surface area contributed by atoms with Crippen LogP contribution in [-0.4, -0.2) is 22.9 Å². The zero-order chi connectivity index (χ0) is 19.3. The lowest BCUT2D eigenvalue weighted by atomic mass is 10.2. The molecule has 0 unspecified atom stereocenters. The van der Waals surface area contributed by atoms with Gasteiger partial charge in [0.05, 0.1) is 25.6 Å². The quantitative estimate of drug-likeness (QED) is 0.293. The van der Waals surface area contributed by atoms with Crippen molar-refractivity contribution in [3.8, 4) is 29.4 Å². The zero-order valence-electron chi connectivity index (χ0n) is 15.3. The van der Waals surface area contributed by atoms with Gasteiger partial charge in [0.15, 0.2) is 0 Å². The molecule has 0 radical (unpaired) electrons. The molecule has 0 aliphatic carbocycles. The molecule has 2 heterocycles. The van der Waals surface area contributed by atoms with Crippen molar-refractivity contribution in [1.29, 1.82) is 0 Å². The average molecular weight is 386 g/mol. The van der Waals surface area contributed by atoms with Crippen LogP contribution >= 0.6 is 11.3 Å². The van der Waals surface area contributed by atoms with E-state index in [1.54, 1.807) is 13.3 Å². The molecular weight excluding hydrogens is 368 g/mol. The summed E-state index contributed by atoms with van der Waals surface area (Å²) in [6.07, 6.45) is 9.28. The summed E-state index contributed by atoms with van der Waals surface area (Å²) < 4.78 is 7.23. The molecule has 2 aromatic carbocycles. The number of hydrazone groups is 1. The Hall–Kier alpha value is -3.56. The Balaban J connectivity index is 1.51. The summed E-state index contributed by atoms with van der Waals surface area (Å²) in [5.74, 6) is 3.51. The average Bonchev–Trinajstić information content (AvgIpc) is 3.34. The Labute approximate surface area is 167 Å². The second-order valence-corrected chi connectivity index (χ2v) is 6.93. The Morgan fingerprint density at radius 1 is 1.25 bits per heavy atom. The topological polar surface area (TPSA) is 51.4 Å². The number of nitrogens with one attached hydrogen (secondary N) is 1. The number of aromatic nitrogens is 2. The highest BCUT2D eigenvalue weighted by Crippen LogP contribution is 2.26. The lowest BCUT2D eigenvalue weighted by Crippen LogP contribution is -1.92. The molecule has 0 bridgehead atoms. The summed E-state index contributed by atoms with van der Waals surface area (Å²) in [7, 11) is 1.65. The third-order valence-corrected chi connectivity index (χ3v) is 5.08. The van der Waals surface area contributed by atoms with Crippen LogP contribution in [0.15, 0.2) is 65.2 Å². The summed E-state index contributed by atoms with van der Waals surface area (Å²) in [6, 6.07) is 16.0. The van der Waals surface area contributed by atoms with Gasteiger partial charge < -0.3 is 9.30 Å². The molecule has 28 heavy (non-hydrogen) atoms. The molecule has 1 N–H and O–H groups in total. The fourth-order valence-corrected chi connectivity index (χ4v) is 3.65. The fraction of sp³-hybridized carbons (Fsp3) is 0.0909. The second kappa shape index (κ2) is 7.99. The molecule has 0 aliphatic heterocycles. The number of hydrogen-bond donors (Lipinski definition) is 1. The minimum Gasteiger partial charge on any atom is -0.497 e. The highest BCUT2D eigenvalue weighted by atomic mass is 32.1. The molecular formula is C22H18N4OS. The molecule has 0 amide bonds. The van der Waals surface area contributed by atoms with E-state index in [4.69, 9.17) is 11.2 Å². The van der Waals surface area contributed by atoms with Crippen molar-refractivity contribution in [3.05, 3.63) is 65.7 Å². The van der Waals surface area contributed by atoms with E-state index in [2.05, 4.69) is 33.6 Å². The summed E-state index contributed by atoms with van der Waals surface area (Å²) in [5.41, 5.74) is 7.05. The van der Waals surface area contributed by atoms with E-state index in [9.17, 15) is 0 Å². The first-order valence-electron chi connectivity index (χ1n) is 8.69. The normalized spacial score (nSPS) is 11.0. The van der Waals surface area contributed by atoms with Gasteiger partial charge in [0.2, 0.25) is 5.13 Å². The monoisotopic (exact) mass is 386 g/mol. The first kappa shape index (κ1) is 17.8. The second-order valence-electron chi connectivity index (χ2n) is 6.07. The van der Waals surface area contributed by atoms with E-state index in [1.807, 2.05) is 52.5 Å². The SMILES string of the molecule is C#CCn1cc(/C=N/Nc2nc(-c3ccc(OC)cc3)cs2)c2ccccc21. The van der Waals surface area contributed by atoms with Crippen LogP contribution in [0.3, 0.4) is 0 Å². The number of benzene rings is 2. The smallest absolute Gasteiger partial charge is 0.203 e. The Bertz CT molecular complexity index is 1170. The molecule has 4 aromatic rings. The minimum absolute atomic E-state index is 0.527. The maximum Gasteiger partial charge on any atom is 0.203 e. The van der Waals surface area contributed by atoms with Crippen LogP contribution < -0.4 is 10.2 Å². The molecule has 0 saturated carbocycles. The molecule has 0 saturated heterocycles. The standard InChI is InChI=1S/C22H18N4OS/c1-3-12-26-14-17(19-6-4-5-7-21(19)26)13-23-25-22-24-20(15-28-22)16-8-10-18(27-2)11-9-16/h1,4-11,13-15H,12H2,2H3,(H,24,25)/b23-13+. The number of hydrogen-bond acceptors (Lipinski definition) is 5. The van der Waals surface area contributed by atoms with E-state index in [1.165, 1.54) is 11.3 Å². The van der Waals surface area contributed by atoms with E-state index in [0.29, 0.717) is 6.54 Å². The molecule has 4 rings (SSSR count). The van der Waals surface area contributed by atoms with Crippen LogP contribution in [0.5, 0.6) is 5.75 Å². The van der Waals surface area contributed by atoms with Crippen LogP contribution in [0, 0.1) is 12.3 Å². The fourth-order valence-electron chi connectivity index (χ4n) is 2.98. The van der Waals surface area contributed by atoms with E-state index >= 15 is 0 Å². The van der Waals surface area contributed by atoms with E-state index in [-0.39, 0.29) is 0 Å². The van der Waals surface area contributed by atoms with Gasteiger partial charge in [-0.05, 0) is 30.3 Å². The van der Waals surface area contributed by atoms with Gasteiger partial charge in [-0.1, -0.05) is 24.1 Å². The van der Waals surface area contributed by atoms with Crippen LogP contribution in [0.4, 0.5) is 5.13 Å². The summed E-state index contributed by atoms with van der Waals surface area (Å²) in [5, 5.41) is 8.20. The van der Waals surface area contributed by atoms with Crippen molar-refractivity contribution in [2.75, 3.05) is 12.5 Å². The number of anilines is 1. The summed E-state index contributed by atoms with van der Waals surface area (Å²) >= 11 is 1.51. The van der Waals surface area contributed by atoms with Crippen molar-refractivity contribution in [1.82, 2.24) is 9.55 Å². The molecule has 6 heteroatoms. The first-order chi connectivity index (χ1) is 13.8. The van der Waals surface area contributed by atoms with Gasteiger partial charge >= 0.3 is 0 Å². The number of nitrogens with zero attached hydrogens (tertiary/aromatic N) is 3. The number of para-hydroxylation sites is 1. The number of ether oxygens (including phenoxy) is 1. The molecule has 0 fully saturated rings. The maximum atomic E-state index is 5.47. The van der Waals surface area contributed by atoms with Crippen molar-refractivity contribution in [2.45, 2.75) is 6.54 Å². The van der Waals surface area contributed by atoms with E-state index in [0.717, 1.165) is 38.6 Å². The van der Waals surface area contributed by atoms with Crippen LogP contribution in [0.2, 0.25) is 0 Å². The maximum absolute atomic E-state index is 5.47. The van der Waals surface area contributed by atoms with E-state index < -0.39 is 0 Å². The third-order valence-electron chi connectivity index (χ3n) is 4.33. The van der Waals surface area contributed by atoms with Crippen LogP contribution in [0.25, 0.3) is 22.2 Å². The Morgan fingerprint density at radius 2 is 2.07 bits per heavy atom. The number of fused-ring (bicyclic) bond motifs is 1. The van der Waals surface area contributed by atoms with Crippen molar-refractivity contribution >= 4 is 33.6 Å². The molecule has 5 nitrogen and oxygen atoms in total. The number of terminal acetylenes is 1. The molecule has 138 valence electrons. The summed E-state index contributed by atoms with van der Waals surface area (Å²) in [4.78, 5) is 4.59. The first-order valence-corrected chi connectivity index (χ1v) is 9.57. The molecule has 0 aliphatic rings. The van der Waals surface area contributed by atoms with Crippen molar-refractivity contribution < 1.29 is 4.74 Å². The minimum atomic E-state index is 0.527. The van der Waals surface area contributed by atoms with Gasteiger partial charge in [-0.25, -0.2) is 4.98 Å². The van der Waals surface area contributed by atoms with Crippen LogP contribution in [0.1, 0.15) is 5.56 Å².